The molecule has 0 amide bonds. The van der Waals surface area contributed by atoms with Gasteiger partial charge in [0, 0.05) is 12.7 Å². The van der Waals surface area contributed by atoms with Crippen molar-refractivity contribution in [2.24, 2.45) is 0 Å². The van der Waals surface area contributed by atoms with Gasteiger partial charge in [-0.3, -0.25) is 0 Å². The summed E-state index contributed by atoms with van der Waals surface area (Å²) in [5.74, 6) is 0. The highest BCUT2D eigenvalue weighted by Crippen LogP contribution is 2.27. The predicted molar refractivity (Wildman–Crippen MR) is 50.5 cm³/mol. The fourth-order valence-corrected chi connectivity index (χ4v) is 1.67. The van der Waals surface area contributed by atoms with Gasteiger partial charge >= 0.3 is 0 Å². The van der Waals surface area contributed by atoms with Crippen molar-refractivity contribution in [3.8, 4) is 0 Å². The monoisotopic (exact) mass is 167 g/mol. The molecule has 0 radical (unpaired) electrons. The van der Waals surface area contributed by atoms with E-state index in [1.54, 1.807) is 0 Å². The lowest BCUT2D eigenvalue weighted by Gasteiger charge is -2.34. The smallest absolute Gasteiger partial charge is 0.126 e. The minimum Gasteiger partial charge on any atom is -0.374 e. The molecule has 0 aliphatic carbocycles. The van der Waals surface area contributed by atoms with Gasteiger partial charge in [-0.1, -0.05) is 12.2 Å². The molecular formula is C10H17NO. The average Bonchev–Trinajstić information content (AvgIpc) is 2.09. The number of hydrogen-bond acceptors (Lipinski definition) is 2. The van der Waals surface area contributed by atoms with Gasteiger partial charge in [-0.15, -0.1) is 0 Å². The highest BCUT2D eigenvalue weighted by atomic mass is 16.3. The Labute approximate surface area is 74.2 Å². The van der Waals surface area contributed by atoms with Crippen LogP contribution in [0.25, 0.3) is 0 Å². The summed E-state index contributed by atoms with van der Waals surface area (Å²) < 4.78 is 0. The topological polar surface area (TPSA) is 23.5 Å². The van der Waals surface area contributed by atoms with E-state index in [-0.39, 0.29) is 6.23 Å². The number of allylic oxidation sites excluding steroid dienone is 3. The van der Waals surface area contributed by atoms with Crippen molar-refractivity contribution < 1.29 is 5.11 Å². The van der Waals surface area contributed by atoms with Crippen LogP contribution in [0.4, 0.5) is 0 Å². The van der Waals surface area contributed by atoms with Crippen LogP contribution in [0, 0.1) is 0 Å². The molecule has 1 N–H and O–H groups in total. The summed E-state index contributed by atoms with van der Waals surface area (Å²) in [6.07, 6.45) is 5.70. The molecule has 0 spiro atoms. The number of likely N-dealkylation sites (tertiary alicyclic amines) is 1. The summed E-state index contributed by atoms with van der Waals surface area (Å²) in [6.45, 7) is 4.05. The Bertz CT molecular complexity index is 218. The minimum absolute atomic E-state index is 0.306. The summed E-state index contributed by atoms with van der Waals surface area (Å²) in [5, 5.41) is 9.55. The first-order chi connectivity index (χ1) is 5.70. The second kappa shape index (κ2) is 3.76. The van der Waals surface area contributed by atoms with E-state index in [4.69, 9.17) is 0 Å². The highest BCUT2D eigenvalue weighted by molar-refractivity contribution is 5.30. The zero-order valence-electron chi connectivity index (χ0n) is 8.04. The molecule has 2 nitrogen and oxygen atoms in total. The highest BCUT2D eigenvalue weighted by Gasteiger charge is 2.21. The van der Waals surface area contributed by atoms with Crippen molar-refractivity contribution in [1.29, 1.82) is 0 Å². The van der Waals surface area contributed by atoms with E-state index < -0.39 is 0 Å². The molecule has 1 heterocycles. The third-order valence-corrected chi connectivity index (χ3v) is 2.45. The quantitative estimate of drug-likeness (QED) is 0.595. The molecule has 0 aromatic carbocycles. The van der Waals surface area contributed by atoms with E-state index in [1.165, 1.54) is 5.57 Å². The van der Waals surface area contributed by atoms with Crippen LogP contribution in [0.1, 0.15) is 26.7 Å². The Morgan fingerprint density at radius 3 is 2.58 bits per heavy atom. The van der Waals surface area contributed by atoms with E-state index in [2.05, 4.69) is 12.2 Å². The van der Waals surface area contributed by atoms with Crippen LogP contribution >= 0.6 is 0 Å². The standard InChI is InChI=1S/C10H17NO/c1-4-8-6-7-10(12)11(3)9(8)5-2/h4-5,10,12H,6-7H2,1-3H3. The summed E-state index contributed by atoms with van der Waals surface area (Å²) in [7, 11) is 1.93. The molecule has 0 aromatic heterocycles. The average molecular weight is 167 g/mol. The van der Waals surface area contributed by atoms with Gasteiger partial charge in [0.05, 0.1) is 0 Å². The van der Waals surface area contributed by atoms with E-state index in [0.29, 0.717) is 0 Å². The van der Waals surface area contributed by atoms with Crippen molar-refractivity contribution in [3.05, 3.63) is 23.4 Å². The maximum atomic E-state index is 9.55. The third kappa shape index (κ3) is 1.53. The summed E-state index contributed by atoms with van der Waals surface area (Å²) >= 11 is 0. The molecule has 1 fully saturated rings. The first kappa shape index (κ1) is 9.33. The van der Waals surface area contributed by atoms with E-state index in [0.717, 1.165) is 18.5 Å². The third-order valence-electron chi connectivity index (χ3n) is 2.45. The van der Waals surface area contributed by atoms with E-state index in [9.17, 15) is 5.11 Å². The van der Waals surface area contributed by atoms with Crippen LogP contribution in [0.3, 0.4) is 0 Å². The summed E-state index contributed by atoms with van der Waals surface area (Å²) in [5.41, 5.74) is 2.50. The minimum atomic E-state index is -0.306. The lowest BCUT2D eigenvalue weighted by Crippen LogP contribution is -2.35. The summed E-state index contributed by atoms with van der Waals surface area (Å²) in [6, 6.07) is 0. The molecule has 68 valence electrons. The van der Waals surface area contributed by atoms with Crippen molar-refractivity contribution in [3.63, 3.8) is 0 Å². The predicted octanol–water partition coefficient (Wildman–Crippen LogP) is 1.88. The fraction of sp³-hybridized carbons (Fsp3) is 0.600. The lowest BCUT2D eigenvalue weighted by molar-refractivity contribution is 0.0298. The van der Waals surface area contributed by atoms with Gasteiger partial charge in [0.1, 0.15) is 6.23 Å². The molecule has 1 aliphatic rings. The fourth-order valence-electron chi connectivity index (χ4n) is 1.67. The van der Waals surface area contributed by atoms with Crippen LogP contribution in [-0.2, 0) is 0 Å². The molecule has 12 heavy (non-hydrogen) atoms. The van der Waals surface area contributed by atoms with Gasteiger partial charge < -0.3 is 10.0 Å². The zero-order chi connectivity index (χ0) is 9.14. The van der Waals surface area contributed by atoms with Crippen LogP contribution in [-0.4, -0.2) is 23.3 Å². The molecule has 2 heteroatoms. The number of aliphatic hydroxyl groups is 1. The Kier molecular flexibility index (Phi) is 2.93. The van der Waals surface area contributed by atoms with Gasteiger partial charge in [0.25, 0.3) is 0 Å². The first-order valence-corrected chi connectivity index (χ1v) is 4.43. The zero-order valence-corrected chi connectivity index (χ0v) is 8.04. The van der Waals surface area contributed by atoms with Gasteiger partial charge in [0.15, 0.2) is 0 Å². The molecule has 0 saturated carbocycles. The van der Waals surface area contributed by atoms with Gasteiger partial charge in [-0.25, -0.2) is 0 Å². The Morgan fingerprint density at radius 2 is 2.08 bits per heavy atom. The van der Waals surface area contributed by atoms with Gasteiger partial charge in [-0.05, 0) is 32.3 Å². The molecule has 0 aromatic rings. The van der Waals surface area contributed by atoms with Crippen LogP contribution < -0.4 is 0 Å². The lowest BCUT2D eigenvalue weighted by atomic mass is 9.99. The second-order valence-electron chi connectivity index (χ2n) is 3.12. The molecule has 1 saturated heterocycles. The SMILES string of the molecule is CC=C1CCC(O)N(C)C1=CC. The number of aliphatic hydroxyl groups excluding tert-OH is 1. The van der Waals surface area contributed by atoms with Crippen LogP contribution in [0.2, 0.25) is 0 Å². The van der Waals surface area contributed by atoms with Crippen molar-refractivity contribution in [2.75, 3.05) is 7.05 Å². The number of hydrogen-bond donors (Lipinski definition) is 1. The van der Waals surface area contributed by atoms with Gasteiger partial charge in [0.2, 0.25) is 0 Å². The Morgan fingerprint density at radius 1 is 1.42 bits per heavy atom. The first-order valence-electron chi connectivity index (χ1n) is 4.43. The van der Waals surface area contributed by atoms with E-state index in [1.807, 2.05) is 25.8 Å². The number of piperidine rings is 1. The van der Waals surface area contributed by atoms with E-state index >= 15 is 0 Å². The number of likely N-dealkylation sites (N-methyl/N-ethyl adjacent to an activating group) is 1. The number of rotatable bonds is 0. The molecule has 1 atom stereocenters. The molecular weight excluding hydrogens is 150 g/mol. The molecule has 1 rings (SSSR count). The second-order valence-corrected chi connectivity index (χ2v) is 3.12. The van der Waals surface area contributed by atoms with Crippen molar-refractivity contribution in [1.82, 2.24) is 4.90 Å². The maximum Gasteiger partial charge on any atom is 0.126 e. The molecule has 1 unspecified atom stereocenters. The van der Waals surface area contributed by atoms with Crippen LogP contribution in [0.5, 0.6) is 0 Å². The Hall–Kier alpha value is -0.760. The van der Waals surface area contributed by atoms with Crippen molar-refractivity contribution >= 4 is 0 Å². The molecule has 0 bridgehead atoms. The van der Waals surface area contributed by atoms with Crippen molar-refractivity contribution in [2.45, 2.75) is 32.9 Å². The normalized spacial score (nSPS) is 31.7. The van der Waals surface area contributed by atoms with Crippen LogP contribution in [0.15, 0.2) is 23.4 Å². The largest absolute Gasteiger partial charge is 0.374 e. The molecule has 1 aliphatic heterocycles. The summed E-state index contributed by atoms with van der Waals surface area (Å²) in [4.78, 5) is 1.93. The number of nitrogens with zero attached hydrogens (tertiary/aromatic N) is 1. The maximum absolute atomic E-state index is 9.55. The Balaban J connectivity index is 2.87. The van der Waals surface area contributed by atoms with Gasteiger partial charge in [-0.2, -0.15) is 0 Å².